The van der Waals surface area contributed by atoms with Crippen molar-refractivity contribution in [3.05, 3.63) is 105 Å². The lowest BCUT2D eigenvalue weighted by atomic mass is 9.57. The van der Waals surface area contributed by atoms with Gasteiger partial charge in [-0.25, -0.2) is 0 Å². The monoisotopic (exact) mass is 637 g/mol. The van der Waals surface area contributed by atoms with Gasteiger partial charge in [0, 0.05) is 18.0 Å². The van der Waals surface area contributed by atoms with Crippen molar-refractivity contribution in [1.29, 1.82) is 0 Å². The number of rotatable bonds is 8. The molecule has 6 rings (SSSR count). The van der Waals surface area contributed by atoms with E-state index in [1.807, 2.05) is 24.3 Å². The number of ketones is 2. The number of Topliss-reactive ketones (excluding diaryl/α,β-unsaturated/α-hetero) is 2. The lowest BCUT2D eigenvalue weighted by Gasteiger charge is -2.50. The molecule has 10 nitrogen and oxygen atoms in total. The number of carbonyl (C=O) groups excluding carboxylic acids is 3. The molecular formula is C37H39N3O7. The zero-order valence-corrected chi connectivity index (χ0v) is 26.6. The maximum Gasteiger partial charge on any atom is 0.255 e. The maximum atomic E-state index is 14.1. The van der Waals surface area contributed by atoms with Crippen LogP contribution in [-0.4, -0.2) is 75.1 Å². The first-order valence-corrected chi connectivity index (χ1v) is 15.7. The molecule has 1 saturated carbocycles. The number of carbonyl (C=O) groups is 3. The number of amides is 1. The van der Waals surface area contributed by atoms with Gasteiger partial charge in [0.2, 0.25) is 5.78 Å². The second kappa shape index (κ2) is 12.1. The highest BCUT2D eigenvalue weighted by molar-refractivity contribution is 6.24. The van der Waals surface area contributed by atoms with Crippen molar-refractivity contribution in [2.45, 2.75) is 44.4 Å². The number of likely N-dealkylation sites (N-methyl/N-ethyl adjacent to an activating group) is 1. The second-order valence-electron chi connectivity index (χ2n) is 13.1. The molecule has 0 aromatic heterocycles. The quantitative estimate of drug-likeness (QED) is 0.160. The Balaban J connectivity index is 1.31. The minimum absolute atomic E-state index is 0.0358. The van der Waals surface area contributed by atoms with Crippen LogP contribution in [0.2, 0.25) is 0 Å². The molecule has 1 amide bonds. The molecule has 0 spiro atoms. The molecule has 3 aromatic carbocycles. The summed E-state index contributed by atoms with van der Waals surface area (Å²) in [5.74, 6) is -6.69. The highest BCUT2D eigenvalue weighted by Gasteiger charge is 2.64. The molecule has 3 aliphatic rings. The van der Waals surface area contributed by atoms with E-state index in [0.29, 0.717) is 12.1 Å². The Morgan fingerprint density at radius 1 is 0.979 bits per heavy atom. The van der Waals surface area contributed by atoms with Crippen molar-refractivity contribution in [3.8, 4) is 16.9 Å². The molecule has 0 heterocycles. The predicted octanol–water partition coefficient (Wildman–Crippen LogP) is 3.27. The van der Waals surface area contributed by atoms with Crippen LogP contribution in [0.5, 0.6) is 5.75 Å². The fourth-order valence-corrected chi connectivity index (χ4v) is 7.54. The van der Waals surface area contributed by atoms with Crippen LogP contribution in [-0.2, 0) is 33.8 Å². The van der Waals surface area contributed by atoms with E-state index < -0.39 is 58.0 Å². The van der Waals surface area contributed by atoms with Gasteiger partial charge in [-0.15, -0.1) is 0 Å². The molecule has 0 bridgehead atoms. The Hall–Kier alpha value is -4.77. The number of hydrogen-bond donors (Lipinski definition) is 6. The molecule has 3 aromatic rings. The Morgan fingerprint density at radius 2 is 1.64 bits per heavy atom. The van der Waals surface area contributed by atoms with Crippen molar-refractivity contribution in [3.63, 3.8) is 0 Å². The van der Waals surface area contributed by atoms with Gasteiger partial charge in [0.25, 0.3) is 5.91 Å². The molecule has 10 heteroatoms. The standard InChI is InChI=1S/C37H39N3O7/c1-19-4-6-20(7-5-19)14-15-39-18-21-8-10-22(11-9-21)24-12-13-27(41)29-25(24)16-23-17-26-31(40(2)3)33(43)30(36(38)46)35(45)37(26,47)34(44)28(23)32(29)42/h4-13,23,26,31,39,41-42,45,47H,14-18H2,1-3H3,(H2,38,46)/t23-,26-,31-,37-/m0/s1. The van der Waals surface area contributed by atoms with Crippen LogP contribution >= 0.6 is 0 Å². The molecular weight excluding hydrogens is 598 g/mol. The number of hydrogen-bond acceptors (Lipinski definition) is 9. The molecule has 7 N–H and O–H groups in total. The van der Waals surface area contributed by atoms with Crippen molar-refractivity contribution >= 4 is 23.2 Å². The van der Waals surface area contributed by atoms with Crippen LogP contribution in [0.4, 0.5) is 0 Å². The van der Waals surface area contributed by atoms with Gasteiger partial charge in [0.05, 0.1) is 11.6 Å². The van der Waals surface area contributed by atoms with Gasteiger partial charge in [-0.05, 0) is 86.6 Å². The van der Waals surface area contributed by atoms with Crippen molar-refractivity contribution in [2.24, 2.45) is 17.6 Å². The van der Waals surface area contributed by atoms with E-state index in [2.05, 4.69) is 36.5 Å². The first kappa shape index (κ1) is 32.2. The van der Waals surface area contributed by atoms with Crippen molar-refractivity contribution < 1.29 is 34.8 Å². The average molecular weight is 638 g/mol. The van der Waals surface area contributed by atoms with Crippen molar-refractivity contribution in [1.82, 2.24) is 10.2 Å². The number of benzene rings is 3. The maximum absolute atomic E-state index is 14.1. The smallest absolute Gasteiger partial charge is 0.255 e. The number of aliphatic hydroxyl groups excluding tert-OH is 2. The van der Waals surface area contributed by atoms with Crippen LogP contribution in [0.1, 0.15) is 34.2 Å². The lowest BCUT2D eigenvalue weighted by molar-refractivity contribution is -0.153. The number of nitrogens with zero attached hydrogens (tertiary/aromatic N) is 1. The second-order valence-corrected chi connectivity index (χ2v) is 13.1. The van der Waals surface area contributed by atoms with Crippen LogP contribution in [0.3, 0.4) is 0 Å². The minimum Gasteiger partial charge on any atom is -0.508 e. The number of aryl methyl sites for hydroxylation is 1. The van der Waals surface area contributed by atoms with Gasteiger partial charge in [0.15, 0.2) is 11.4 Å². The average Bonchev–Trinajstić information content (AvgIpc) is 3.02. The number of aromatic hydroxyl groups is 1. The summed E-state index contributed by atoms with van der Waals surface area (Å²) in [5.41, 5.74) is 7.64. The first-order valence-electron chi connectivity index (χ1n) is 15.7. The summed E-state index contributed by atoms with van der Waals surface area (Å²) in [7, 11) is 3.15. The van der Waals surface area contributed by atoms with E-state index in [1.54, 1.807) is 20.2 Å². The largest absolute Gasteiger partial charge is 0.508 e. The lowest BCUT2D eigenvalue weighted by Crippen LogP contribution is -2.65. The van der Waals surface area contributed by atoms with Gasteiger partial charge in [-0.2, -0.15) is 0 Å². The predicted molar refractivity (Wildman–Crippen MR) is 176 cm³/mol. The summed E-state index contributed by atoms with van der Waals surface area (Å²) in [6.07, 6.45) is 1.18. The minimum atomic E-state index is -2.66. The van der Waals surface area contributed by atoms with E-state index in [-0.39, 0.29) is 29.7 Å². The topological polar surface area (TPSA) is 173 Å². The Labute approximate surface area is 272 Å². The number of fused-ring (bicyclic) bond motifs is 3. The molecule has 244 valence electrons. The number of primary amides is 1. The number of phenolic OH excluding ortho intramolecular Hbond substituents is 1. The normalized spacial score (nSPS) is 23.9. The zero-order valence-electron chi connectivity index (χ0n) is 26.6. The van der Waals surface area contributed by atoms with Gasteiger partial charge >= 0.3 is 0 Å². The van der Waals surface area contributed by atoms with Crippen molar-refractivity contribution in [2.75, 3.05) is 20.6 Å². The van der Waals surface area contributed by atoms with E-state index in [4.69, 9.17) is 5.73 Å². The molecule has 0 unspecified atom stereocenters. The summed E-state index contributed by atoms with van der Waals surface area (Å²) in [6.45, 7) is 3.59. The molecule has 47 heavy (non-hydrogen) atoms. The zero-order chi connectivity index (χ0) is 33.8. The fraction of sp³-hybridized carbons (Fsp3) is 0.324. The number of phenols is 1. The Kier molecular flexibility index (Phi) is 8.29. The summed E-state index contributed by atoms with van der Waals surface area (Å²) in [6, 6.07) is 18.6. The SMILES string of the molecule is Cc1ccc(CCNCc2ccc(-c3ccc(O)c4c3C[C@H]3C[C@H]5[C@H](N(C)C)C(=O)C(C(N)=O)=C(O)[C@@]5(O)C(=O)C3=C4O)cc2)cc1. The molecule has 0 saturated heterocycles. The van der Waals surface area contributed by atoms with Crippen LogP contribution in [0.25, 0.3) is 16.9 Å². The molecule has 0 aliphatic heterocycles. The van der Waals surface area contributed by atoms with E-state index in [0.717, 1.165) is 29.7 Å². The van der Waals surface area contributed by atoms with E-state index in [1.165, 1.54) is 22.1 Å². The molecule has 4 atom stereocenters. The van der Waals surface area contributed by atoms with E-state index >= 15 is 0 Å². The van der Waals surface area contributed by atoms with Gasteiger partial charge in [-0.1, -0.05) is 60.2 Å². The highest BCUT2D eigenvalue weighted by atomic mass is 16.3. The van der Waals surface area contributed by atoms with Gasteiger partial charge in [0.1, 0.15) is 22.8 Å². The van der Waals surface area contributed by atoms with Gasteiger partial charge in [-0.3, -0.25) is 19.3 Å². The number of nitrogens with two attached hydrogens (primary N) is 1. The Morgan fingerprint density at radius 3 is 2.28 bits per heavy atom. The summed E-state index contributed by atoms with van der Waals surface area (Å²) in [4.78, 5) is 41.1. The summed E-state index contributed by atoms with van der Waals surface area (Å²) in [5, 5.41) is 48.7. The summed E-state index contributed by atoms with van der Waals surface area (Å²) >= 11 is 0. The number of aliphatic hydroxyl groups is 3. The fourth-order valence-electron chi connectivity index (χ4n) is 7.54. The molecule has 0 radical (unpaired) electrons. The van der Waals surface area contributed by atoms with Crippen LogP contribution in [0, 0.1) is 18.8 Å². The van der Waals surface area contributed by atoms with Crippen LogP contribution in [0.15, 0.2) is 77.6 Å². The third-order valence-electron chi connectivity index (χ3n) is 9.91. The summed E-state index contributed by atoms with van der Waals surface area (Å²) < 4.78 is 0. The van der Waals surface area contributed by atoms with Gasteiger partial charge < -0.3 is 31.5 Å². The Bertz CT molecular complexity index is 1840. The third kappa shape index (κ3) is 5.32. The number of nitrogens with one attached hydrogen (secondary N) is 1. The van der Waals surface area contributed by atoms with Crippen LogP contribution < -0.4 is 11.1 Å². The van der Waals surface area contributed by atoms with E-state index in [9.17, 15) is 34.8 Å². The highest BCUT2D eigenvalue weighted by Crippen LogP contribution is 2.53. The molecule has 1 fully saturated rings. The third-order valence-corrected chi connectivity index (χ3v) is 9.91. The molecule has 3 aliphatic carbocycles. The first-order chi connectivity index (χ1) is 22.3.